The monoisotopic (exact) mass is 290 g/mol. The summed E-state index contributed by atoms with van der Waals surface area (Å²) in [6, 6.07) is 9.18. The number of nitrogens with one attached hydrogen (secondary N) is 1. The lowest BCUT2D eigenvalue weighted by Crippen LogP contribution is -2.02. The molecule has 2 heterocycles. The van der Waals surface area contributed by atoms with Crippen LogP contribution in [0.4, 0.5) is 4.39 Å². The van der Waals surface area contributed by atoms with E-state index < -0.39 is 15.7 Å². The predicted molar refractivity (Wildman–Crippen MR) is 72.7 cm³/mol. The third-order valence-electron chi connectivity index (χ3n) is 3.03. The lowest BCUT2D eigenvalue weighted by Gasteiger charge is -2.02. The number of rotatable bonds is 2. The molecule has 0 aliphatic rings. The van der Waals surface area contributed by atoms with Gasteiger partial charge < -0.3 is 4.98 Å². The van der Waals surface area contributed by atoms with Crippen molar-refractivity contribution >= 4 is 20.9 Å². The molecule has 102 valence electrons. The second-order valence-electron chi connectivity index (χ2n) is 4.54. The Kier molecular flexibility index (Phi) is 2.83. The standard InChI is InChI=1S/C14H11FN2O2S/c1-9-2-4-12(5-3-9)20(18,19)13-7-10-6-11(15)8-16-14(10)17-13/h2-8H,1H3,(H,16,17). The van der Waals surface area contributed by atoms with Crippen molar-refractivity contribution in [3.8, 4) is 0 Å². The van der Waals surface area contributed by atoms with Gasteiger partial charge in [-0.05, 0) is 31.2 Å². The first-order valence-corrected chi connectivity index (χ1v) is 7.41. The first-order chi connectivity index (χ1) is 9.46. The highest BCUT2D eigenvalue weighted by molar-refractivity contribution is 7.91. The highest BCUT2D eigenvalue weighted by atomic mass is 32.2. The van der Waals surface area contributed by atoms with E-state index in [-0.39, 0.29) is 9.92 Å². The first-order valence-electron chi connectivity index (χ1n) is 5.93. The number of fused-ring (bicyclic) bond motifs is 1. The molecule has 0 spiro atoms. The Morgan fingerprint density at radius 2 is 1.85 bits per heavy atom. The van der Waals surface area contributed by atoms with Gasteiger partial charge in [-0.25, -0.2) is 17.8 Å². The van der Waals surface area contributed by atoms with Crippen molar-refractivity contribution in [1.82, 2.24) is 9.97 Å². The number of aryl methyl sites for hydroxylation is 1. The van der Waals surface area contributed by atoms with Gasteiger partial charge >= 0.3 is 0 Å². The Labute approximate surface area is 115 Å². The average molecular weight is 290 g/mol. The SMILES string of the molecule is Cc1ccc(S(=O)(=O)c2cc3cc(F)cnc3[nH]2)cc1. The maximum atomic E-state index is 13.1. The second kappa shape index (κ2) is 4.42. The van der Waals surface area contributed by atoms with E-state index in [2.05, 4.69) is 9.97 Å². The van der Waals surface area contributed by atoms with Gasteiger partial charge in [0, 0.05) is 5.39 Å². The molecule has 0 aliphatic heterocycles. The van der Waals surface area contributed by atoms with Crippen LogP contribution >= 0.6 is 0 Å². The van der Waals surface area contributed by atoms with E-state index in [1.54, 1.807) is 24.3 Å². The van der Waals surface area contributed by atoms with Crippen molar-refractivity contribution in [2.45, 2.75) is 16.8 Å². The minimum atomic E-state index is -3.65. The number of halogens is 1. The summed E-state index contributed by atoms with van der Waals surface area (Å²) in [6.45, 7) is 1.88. The molecule has 1 N–H and O–H groups in total. The summed E-state index contributed by atoms with van der Waals surface area (Å²) in [5, 5.41) is 0.435. The predicted octanol–water partition coefficient (Wildman–Crippen LogP) is 2.84. The molecule has 0 saturated heterocycles. The molecule has 0 aliphatic carbocycles. The molecule has 2 aromatic heterocycles. The first kappa shape index (κ1) is 12.8. The van der Waals surface area contributed by atoms with E-state index in [9.17, 15) is 12.8 Å². The van der Waals surface area contributed by atoms with Gasteiger partial charge in [0.1, 0.15) is 16.5 Å². The second-order valence-corrected chi connectivity index (χ2v) is 6.46. The summed E-state index contributed by atoms with van der Waals surface area (Å²) in [5.74, 6) is -0.504. The van der Waals surface area contributed by atoms with Crippen LogP contribution in [0.3, 0.4) is 0 Å². The molecule has 0 amide bonds. The molecule has 0 unspecified atom stereocenters. The number of hydrogen-bond donors (Lipinski definition) is 1. The van der Waals surface area contributed by atoms with Crippen molar-refractivity contribution in [1.29, 1.82) is 0 Å². The largest absolute Gasteiger partial charge is 0.330 e. The minimum absolute atomic E-state index is 0.00875. The van der Waals surface area contributed by atoms with Gasteiger partial charge in [0.25, 0.3) is 0 Å². The van der Waals surface area contributed by atoms with Gasteiger partial charge in [-0.1, -0.05) is 17.7 Å². The third kappa shape index (κ3) is 2.08. The molecular formula is C14H11FN2O2S. The van der Waals surface area contributed by atoms with Crippen molar-refractivity contribution in [3.05, 3.63) is 54.0 Å². The maximum Gasteiger partial charge on any atom is 0.221 e. The van der Waals surface area contributed by atoms with Crippen molar-refractivity contribution < 1.29 is 12.8 Å². The van der Waals surface area contributed by atoms with Gasteiger partial charge in [-0.2, -0.15) is 0 Å². The summed E-state index contributed by atoms with van der Waals surface area (Å²) < 4.78 is 38.0. The zero-order valence-electron chi connectivity index (χ0n) is 10.6. The van der Waals surface area contributed by atoms with Crippen LogP contribution in [0.15, 0.2) is 52.5 Å². The molecular weight excluding hydrogens is 279 g/mol. The molecule has 0 bridgehead atoms. The Balaban J connectivity index is 2.15. The lowest BCUT2D eigenvalue weighted by atomic mass is 10.2. The molecule has 20 heavy (non-hydrogen) atoms. The van der Waals surface area contributed by atoms with Crippen molar-refractivity contribution in [2.24, 2.45) is 0 Å². The smallest absolute Gasteiger partial charge is 0.221 e. The average Bonchev–Trinajstić information content (AvgIpc) is 2.83. The number of hydrogen-bond acceptors (Lipinski definition) is 3. The summed E-state index contributed by atoms with van der Waals surface area (Å²) in [5.41, 5.74) is 1.32. The Morgan fingerprint density at radius 3 is 2.55 bits per heavy atom. The number of benzene rings is 1. The molecule has 3 aromatic rings. The topological polar surface area (TPSA) is 62.8 Å². The van der Waals surface area contributed by atoms with Crippen molar-refractivity contribution in [2.75, 3.05) is 0 Å². The highest BCUT2D eigenvalue weighted by Gasteiger charge is 2.20. The molecule has 6 heteroatoms. The van der Waals surface area contributed by atoms with Crippen LogP contribution in [0.25, 0.3) is 11.0 Å². The third-order valence-corrected chi connectivity index (χ3v) is 4.72. The van der Waals surface area contributed by atoms with E-state index in [1.165, 1.54) is 12.1 Å². The van der Waals surface area contributed by atoms with Crippen LogP contribution in [0, 0.1) is 12.7 Å². The molecule has 0 radical (unpaired) electrons. The Hall–Kier alpha value is -2.21. The molecule has 0 saturated carbocycles. The zero-order chi connectivity index (χ0) is 14.3. The minimum Gasteiger partial charge on any atom is -0.330 e. The molecule has 0 atom stereocenters. The lowest BCUT2D eigenvalue weighted by molar-refractivity contribution is 0.593. The number of sulfone groups is 1. The van der Waals surface area contributed by atoms with Crippen LogP contribution < -0.4 is 0 Å². The molecule has 0 fully saturated rings. The number of pyridine rings is 1. The van der Waals surface area contributed by atoms with Crippen LogP contribution in [-0.2, 0) is 9.84 Å². The maximum absolute atomic E-state index is 13.1. The normalized spacial score (nSPS) is 11.9. The molecule has 1 aromatic carbocycles. The van der Waals surface area contributed by atoms with Gasteiger partial charge in [-0.15, -0.1) is 0 Å². The number of aromatic nitrogens is 2. The van der Waals surface area contributed by atoms with E-state index in [0.29, 0.717) is 11.0 Å². The fourth-order valence-electron chi connectivity index (χ4n) is 1.95. The summed E-state index contributed by atoms with van der Waals surface area (Å²) in [7, 11) is -3.65. The number of H-pyrrole nitrogens is 1. The summed E-state index contributed by atoms with van der Waals surface area (Å²) in [6.07, 6.45) is 1.04. The Morgan fingerprint density at radius 1 is 1.15 bits per heavy atom. The van der Waals surface area contributed by atoms with E-state index in [1.807, 2.05) is 6.92 Å². The van der Waals surface area contributed by atoms with Gasteiger partial charge in [0.15, 0.2) is 0 Å². The van der Waals surface area contributed by atoms with Crippen molar-refractivity contribution in [3.63, 3.8) is 0 Å². The fourth-order valence-corrected chi connectivity index (χ4v) is 3.21. The van der Waals surface area contributed by atoms with E-state index in [4.69, 9.17) is 0 Å². The van der Waals surface area contributed by atoms with Gasteiger partial charge in [-0.3, -0.25) is 0 Å². The van der Waals surface area contributed by atoms with Crippen LogP contribution in [0.1, 0.15) is 5.56 Å². The zero-order valence-corrected chi connectivity index (χ0v) is 11.4. The van der Waals surface area contributed by atoms with E-state index >= 15 is 0 Å². The van der Waals surface area contributed by atoms with Crippen LogP contribution in [-0.4, -0.2) is 18.4 Å². The van der Waals surface area contributed by atoms with Crippen LogP contribution in [0.5, 0.6) is 0 Å². The number of aromatic amines is 1. The van der Waals surface area contributed by atoms with E-state index in [0.717, 1.165) is 11.8 Å². The summed E-state index contributed by atoms with van der Waals surface area (Å²) in [4.78, 5) is 6.73. The summed E-state index contributed by atoms with van der Waals surface area (Å²) >= 11 is 0. The number of nitrogens with zero attached hydrogens (tertiary/aromatic N) is 1. The van der Waals surface area contributed by atoms with Gasteiger partial charge in [0.05, 0.1) is 11.1 Å². The quantitative estimate of drug-likeness (QED) is 0.789. The molecule has 4 nitrogen and oxygen atoms in total. The fraction of sp³-hybridized carbons (Fsp3) is 0.0714. The molecule has 3 rings (SSSR count). The van der Waals surface area contributed by atoms with Crippen LogP contribution in [0.2, 0.25) is 0 Å². The van der Waals surface area contributed by atoms with Gasteiger partial charge in [0.2, 0.25) is 9.84 Å². The Bertz CT molecular complexity index is 883. The highest BCUT2D eigenvalue weighted by Crippen LogP contribution is 2.24.